The van der Waals surface area contributed by atoms with Gasteiger partial charge in [-0.05, 0) is 18.2 Å². The summed E-state index contributed by atoms with van der Waals surface area (Å²) in [5.41, 5.74) is -4.00. The Kier molecular flexibility index (Phi) is 3.91. The molecule has 0 aliphatic heterocycles. The van der Waals surface area contributed by atoms with Gasteiger partial charge in [0.15, 0.2) is 0 Å². The molecule has 0 aliphatic rings. The Morgan fingerprint density at radius 2 is 1.33 bits per heavy atom. The van der Waals surface area contributed by atoms with Crippen molar-refractivity contribution in [2.24, 2.45) is 0 Å². The zero-order valence-electron chi connectivity index (χ0n) is 8.22. The number of alkyl halides is 6. The average Bonchev–Trinajstić information content (AvgIpc) is 2.13. The lowest BCUT2D eigenvalue weighted by Gasteiger charge is -2.15. The fraction of sp³-hybridized carbons (Fsp3) is 0.250. The van der Waals surface area contributed by atoms with Gasteiger partial charge in [0.05, 0.1) is 11.1 Å². The monoisotopic (exact) mass is 292 g/mol. The third-order valence-corrected chi connectivity index (χ3v) is 2.19. The molecule has 1 aromatic carbocycles. The van der Waals surface area contributed by atoms with Crippen LogP contribution in [0.25, 0.3) is 0 Å². The maximum Gasteiger partial charge on any atom is 0.416 e. The minimum atomic E-state index is -5.01. The Hall–Kier alpha value is -1.29. The van der Waals surface area contributed by atoms with Crippen LogP contribution < -0.4 is 4.72 Å². The molecule has 102 valence electrons. The molecule has 10 heteroatoms. The number of halogens is 6. The van der Waals surface area contributed by atoms with Crippen LogP contribution in [0.5, 0.6) is 0 Å². The maximum atomic E-state index is 12.3. The summed E-state index contributed by atoms with van der Waals surface area (Å²) in [5.74, 6) is 0. The van der Waals surface area contributed by atoms with Crippen LogP contribution in [-0.2, 0) is 23.6 Å². The van der Waals surface area contributed by atoms with Crippen molar-refractivity contribution in [3.8, 4) is 0 Å². The molecule has 1 aromatic rings. The third-order valence-electron chi connectivity index (χ3n) is 1.79. The molecule has 0 radical (unpaired) electrons. The number of rotatable bonds is 2. The van der Waals surface area contributed by atoms with E-state index in [1.54, 1.807) is 0 Å². The molecule has 0 saturated heterocycles. The third kappa shape index (κ3) is 3.88. The molecule has 0 amide bonds. The van der Waals surface area contributed by atoms with Crippen LogP contribution in [0.2, 0.25) is 0 Å². The summed E-state index contributed by atoms with van der Waals surface area (Å²) < 4.78 is 95.8. The van der Waals surface area contributed by atoms with Crippen molar-refractivity contribution in [3.05, 3.63) is 29.3 Å². The molecule has 0 aromatic heterocycles. The molecule has 18 heavy (non-hydrogen) atoms. The predicted octanol–water partition coefficient (Wildman–Crippen LogP) is 2.93. The van der Waals surface area contributed by atoms with Gasteiger partial charge in [-0.25, -0.2) is 0 Å². The number of benzene rings is 1. The fourth-order valence-corrected chi connectivity index (χ4v) is 1.42. The van der Waals surface area contributed by atoms with Crippen LogP contribution >= 0.6 is 0 Å². The molecule has 0 bridgehead atoms. The van der Waals surface area contributed by atoms with Crippen LogP contribution in [0.15, 0.2) is 18.2 Å². The highest BCUT2D eigenvalue weighted by Crippen LogP contribution is 2.37. The Morgan fingerprint density at radius 1 is 0.944 bits per heavy atom. The lowest BCUT2D eigenvalue weighted by atomic mass is 10.1. The molecule has 1 rings (SSSR count). The number of anilines is 1. The second-order valence-electron chi connectivity index (χ2n) is 3.13. The van der Waals surface area contributed by atoms with Gasteiger partial charge in [0.2, 0.25) is 0 Å². The van der Waals surface area contributed by atoms with Crippen molar-refractivity contribution in [2.75, 3.05) is 4.72 Å². The van der Waals surface area contributed by atoms with E-state index in [4.69, 9.17) is 0 Å². The normalized spacial score (nSPS) is 14.4. The van der Waals surface area contributed by atoms with E-state index < -0.39 is 40.4 Å². The zero-order valence-corrected chi connectivity index (χ0v) is 9.04. The van der Waals surface area contributed by atoms with Gasteiger partial charge in [-0.15, -0.1) is 0 Å². The van der Waals surface area contributed by atoms with Crippen LogP contribution in [-0.4, -0.2) is 8.76 Å². The molecule has 1 atom stereocenters. The van der Waals surface area contributed by atoms with Gasteiger partial charge in [0.1, 0.15) is 0 Å². The highest BCUT2D eigenvalue weighted by atomic mass is 32.2. The molecule has 3 nitrogen and oxygen atoms in total. The first-order chi connectivity index (χ1) is 8.00. The van der Waals surface area contributed by atoms with Crippen molar-refractivity contribution < 1.29 is 35.1 Å². The highest BCUT2D eigenvalue weighted by molar-refractivity contribution is 7.80. The lowest BCUT2D eigenvalue weighted by molar-refractivity contribution is -0.143. The van der Waals surface area contributed by atoms with Gasteiger partial charge in [0.25, 0.3) is 0 Å². The highest BCUT2D eigenvalue weighted by Gasteiger charge is 2.36. The minimum absolute atomic E-state index is 0.0983. The van der Waals surface area contributed by atoms with Gasteiger partial charge in [-0.2, -0.15) is 26.3 Å². The van der Waals surface area contributed by atoms with Gasteiger partial charge in [-0.1, -0.05) is 0 Å². The van der Waals surface area contributed by atoms with E-state index in [2.05, 4.69) is 0 Å². The van der Waals surface area contributed by atoms with Gasteiger partial charge >= 0.3 is 12.4 Å². The smallest absolute Gasteiger partial charge is 0.416 e. The number of hydrogen-bond acceptors (Lipinski definition) is 2. The summed E-state index contributed by atoms with van der Waals surface area (Å²) in [7, 11) is 0. The quantitative estimate of drug-likeness (QED) is 0.673. The van der Waals surface area contributed by atoms with Crippen molar-refractivity contribution in [3.63, 3.8) is 0 Å². The second-order valence-corrected chi connectivity index (χ2v) is 3.80. The Bertz CT molecular complexity index is 437. The van der Waals surface area contributed by atoms with Crippen molar-refractivity contribution in [1.29, 1.82) is 0 Å². The van der Waals surface area contributed by atoms with E-state index in [-0.39, 0.29) is 18.2 Å². The summed E-state index contributed by atoms with van der Waals surface area (Å²) in [5, 5.41) is 0. The molecule has 0 saturated carbocycles. The zero-order chi connectivity index (χ0) is 14.1. The standard InChI is InChI=1S/C8H5F6NO2S/c9-7(10,11)4-1-5(8(12,13)14)3-6(2-4)15-18(16)17/h1-3,15H,(H,16,17)/p-1. The van der Waals surface area contributed by atoms with Crippen LogP contribution in [0.1, 0.15) is 11.1 Å². The minimum Gasteiger partial charge on any atom is -0.755 e. The van der Waals surface area contributed by atoms with Crippen molar-refractivity contribution in [1.82, 2.24) is 0 Å². The Morgan fingerprint density at radius 3 is 1.61 bits per heavy atom. The summed E-state index contributed by atoms with van der Waals surface area (Å²) in [6, 6.07) is 0.439. The first-order valence-electron chi connectivity index (χ1n) is 4.15. The van der Waals surface area contributed by atoms with Gasteiger partial charge in [0, 0.05) is 17.0 Å². The lowest BCUT2D eigenvalue weighted by Crippen LogP contribution is -2.13. The Balaban J connectivity index is 3.34. The summed E-state index contributed by atoms with van der Waals surface area (Å²) in [6.07, 6.45) is -10.0. The molecule has 0 aliphatic carbocycles. The van der Waals surface area contributed by atoms with Crippen LogP contribution in [0.4, 0.5) is 32.0 Å². The topological polar surface area (TPSA) is 52.2 Å². The molecule has 0 spiro atoms. The molecule has 1 unspecified atom stereocenters. The average molecular weight is 292 g/mol. The first kappa shape index (κ1) is 14.8. The SMILES string of the molecule is O=S([O-])Nc1cc(C(F)(F)F)cc(C(F)(F)F)c1. The van der Waals surface area contributed by atoms with E-state index in [0.717, 1.165) is 0 Å². The molecular formula is C8H4F6NO2S-. The van der Waals surface area contributed by atoms with E-state index >= 15 is 0 Å². The van der Waals surface area contributed by atoms with Crippen molar-refractivity contribution >= 4 is 17.0 Å². The molecule has 0 heterocycles. The maximum absolute atomic E-state index is 12.3. The van der Waals surface area contributed by atoms with E-state index in [0.29, 0.717) is 0 Å². The molecule has 0 fully saturated rings. The van der Waals surface area contributed by atoms with Crippen molar-refractivity contribution in [2.45, 2.75) is 12.4 Å². The number of hydrogen-bond donors (Lipinski definition) is 1. The molecular weight excluding hydrogens is 288 g/mol. The summed E-state index contributed by atoms with van der Waals surface area (Å²) in [4.78, 5) is 0. The van der Waals surface area contributed by atoms with Gasteiger partial charge < -0.3 is 9.27 Å². The van der Waals surface area contributed by atoms with Crippen LogP contribution in [0, 0.1) is 0 Å². The van der Waals surface area contributed by atoms with Gasteiger partial charge in [-0.3, -0.25) is 4.21 Å². The first-order valence-corrected chi connectivity index (χ1v) is 5.23. The van der Waals surface area contributed by atoms with E-state index in [9.17, 15) is 35.1 Å². The van der Waals surface area contributed by atoms with E-state index in [1.165, 1.54) is 4.72 Å². The van der Waals surface area contributed by atoms with Crippen LogP contribution in [0.3, 0.4) is 0 Å². The summed E-state index contributed by atoms with van der Waals surface area (Å²) in [6.45, 7) is 0. The fourth-order valence-electron chi connectivity index (χ4n) is 1.11. The molecule has 1 N–H and O–H groups in total. The number of nitrogens with one attached hydrogen (secondary N) is 1. The van der Waals surface area contributed by atoms with E-state index in [1.807, 2.05) is 0 Å². The largest absolute Gasteiger partial charge is 0.755 e. The Labute approximate surface area is 99.2 Å². The second kappa shape index (κ2) is 4.76. The summed E-state index contributed by atoms with van der Waals surface area (Å²) >= 11 is -3.02. The predicted molar refractivity (Wildman–Crippen MR) is 49.0 cm³/mol.